The first-order valence-corrected chi connectivity index (χ1v) is 5.60. The molecule has 0 aliphatic rings. The molecule has 0 aromatic carbocycles. The maximum atomic E-state index is 11.1. The fraction of sp³-hybridized carbons (Fsp3) is 0.636. The molecule has 0 fully saturated rings. The molecule has 0 saturated carbocycles. The Kier molecular flexibility index (Phi) is 4.98. The standard InChI is InChI=1S/C11H20N4O/c1-4-9(11-14-7-8-15(11)3)13-6-5-10(16)12-2/h7-9,13H,4-6H2,1-3H3,(H,12,16). The van der Waals surface area contributed by atoms with Crippen LogP contribution in [0, 0.1) is 0 Å². The van der Waals surface area contributed by atoms with E-state index in [2.05, 4.69) is 22.5 Å². The summed E-state index contributed by atoms with van der Waals surface area (Å²) in [4.78, 5) is 15.4. The van der Waals surface area contributed by atoms with Gasteiger partial charge in [0.1, 0.15) is 5.82 Å². The van der Waals surface area contributed by atoms with Crippen LogP contribution in [0.2, 0.25) is 0 Å². The number of amides is 1. The third-order valence-corrected chi connectivity index (χ3v) is 2.60. The van der Waals surface area contributed by atoms with Crippen LogP contribution in [-0.2, 0) is 11.8 Å². The number of aryl methyl sites for hydroxylation is 1. The highest BCUT2D eigenvalue weighted by Gasteiger charge is 2.12. The van der Waals surface area contributed by atoms with Gasteiger partial charge in [0.15, 0.2) is 0 Å². The van der Waals surface area contributed by atoms with Crippen molar-refractivity contribution in [3.63, 3.8) is 0 Å². The Balaban J connectivity index is 2.44. The van der Waals surface area contributed by atoms with E-state index in [1.807, 2.05) is 17.8 Å². The number of hydrogen-bond acceptors (Lipinski definition) is 3. The second-order valence-electron chi connectivity index (χ2n) is 3.73. The van der Waals surface area contributed by atoms with Crippen molar-refractivity contribution < 1.29 is 4.79 Å². The third-order valence-electron chi connectivity index (χ3n) is 2.60. The third kappa shape index (κ3) is 3.34. The smallest absolute Gasteiger partial charge is 0.221 e. The van der Waals surface area contributed by atoms with Gasteiger partial charge in [0, 0.05) is 39.5 Å². The van der Waals surface area contributed by atoms with Crippen molar-refractivity contribution >= 4 is 5.91 Å². The number of imidazole rings is 1. The number of rotatable bonds is 6. The van der Waals surface area contributed by atoms with E-state index in [0.29, 0.717) is 13.0 Å². The van der Waals surface area contributed by atoms with Gasteiger partial charge in [-0.15, -0.1) is 0 Å². The summed E-state index contributed by atoms with van der Waals surface area (Å²) in [7, 11) is 3.63. The second kappa shape index (κ2) is 6.27. The van der Waals surface area contributed by atoms with Crippen molar-refractivity contribution in [2.75, 3.05) is 13.6 Å². The van der Waals surface area contributed by atoms with Crippen molar-refractivity contribution in [1.82, 2.24) is 20.2 Å². The second-order valence-corrected chi connectivity index (χ2v) is 3.73. The molecule has 2 N–H and O–H groups in total. The quantitative estimate of drug-likeness (QED) is 0.744. The highest BCUT2D eigenvalue weighted by molar-refractivity contribution is 5.75. The number of aromatic nitrogens is 2. The number of carbonyl (C=O) groups is 1. The van der Waals surface area contributed by atoms with Gasteiger partial charge in [-0.05, 0) is 6.42 Å². The summed E-state index contributed by atoms with van der Waals surface area (Å²) in [6, 6.07) is 0.213. The summed E-state index contributed by atoms with van der Waals surface area (Å²) < 4.78 is 2.00. The van der Waals surface area contributed by atoms with E-state index < -0.39 is 0 Å². The van der Waals surface area contributed by atoms with E-state index >= 15 is 0 Å². The van der Waals surface area contributed by atoms with Gasteiger partial charge < -0.3 is 15.2 Å². The average molecular weight is 224 g/mol. The summed E-state index contributed by atoms with van der Waals surface area (Å²) in [5.41, 5.74) is 0. The van der Waals surface area contributed by atoms with Gasteiger partial charge in [-0.1, -0.05) is 6.92 Å². The highest BCUT2D eigenvalue weighted by Crippen LogP contribution is 2.13. The van der Waals surface area contributed by atoms with E-state index in [-0.39, 0.29) is 11.9 Å². The van der Waals surface area contributed by atoms with Gasteiger partial charge in [0.2, 0.25) is 5.91 Å². The summed E-state index contributed by atoms with van der Waals surface area (Å²) in [5.74, 6) is 1.07. The van der Waals surface area contributed by atoms with Crippen molar-refractivity contribution in [3.05, 3.63) is 18.2 Å². The van der Waals surface area contributed by atoms with Crippen LogP contribution in [0.5, 0.6) is 0 Å². The molecule has 16 heavy (non-hydrogen) atoms. The number of carbonyl (C=O) groups excluding carboxylic acids is 1. The van der Waals surface area contributed by atoms with Gasteiger partial charge >= 0.3 is 0 Å². The van der Waals surface area contributed by atoms with Crippen LogP contribution in [0.1, 0.15) is 31.6 Å². The molecule has 0 bridgehead atoms. The molecule has 0 aliphatic carbocycles. The zero-order valence-corrected chi connectivity index (χ0v) is 10.2. The van der Waals surface area contributed by atoms with Crippen LogP contribution in [-0.4, -0.2) is 29.1 Å². The Labute approximate surface area is 96.3 Å². The Morgan fingerprint density at radius 2 is 2.38 bits per heavy atom. The van der Waals surface area contributed by atoms with Gasteiger partial charge in [-0.3, -0.25) is 4.79 Å². The first-order valence-electron chi connectivity index (χ1n) is 5.60. The molecule has 0 radical (unpaired) electrons. The van der Waals surface area contributed by atoms with Crippen molar-refractivity contribution in [1.29, 1.82) is 0 Å². The first-order chi connectivity index (χ1) is 7.69. The molecule has 90 valence electrons. The van der Waals surface area contributed by atoms with Crippen LogP contribution in [0.3, 0.4) is 0 Å². The molecule has 5 nitrogen and oxygen atoms in total. The first kappa shape index (κ1) is 12.7. The van der Waals surface area contributed by atoms with E-state index in [1.165, 1.54) is 0 Å². The SMILES string of the molecule is CCC(NCCC(=O)NC)c1nccn1C. The van der Waals surface area contributed by atoms with Crippen molar-refractivity contribution in [3.8, 4) is 0 Å². The minimum Gasteiger partial charge on any atom is -0.359 e. The molecule has 0 aliphatic heterocycles. The Morgan fingerprint density at radius 3 is 2.88 bits per heavy atom. The molecule has 0 spiro atoms. The lowest BCUT2D eigenvalue weighted by molar-refractivity contribution is -0.120. The van der Waals surface area contributed by atoms with Gasteiger partial charge in [-0.2, -0.15) is 0 Å². The molecule has 5 heteroatoms. The predicted octanol–water partition coefficient (Wildman–Crippen LogP) is 0.597. The van der Waals surface area contributed by atoms with Crippen LogP contribution in [0.15, 0.2) is 12.4 Å². The minimum atomic E-state index is 0.0576. The number of hydrogen-bond donors (Lipinski definition) is 2. The molecular weight excluding hydrogens is 204 g/mol. The summed E-state index contributed by atoms with van der Waals surface area (Å²) in [6.45, 7) is 2.78. The topological polar surface area (TPSA) is 59.0 Å². The summed E-state index contributed by atoms with van der Waals surface area (Å²) in [6.07, 6.45) is 5.17. The van der Waals surface area contributed by atoms with Gasteiger partial charge in [0.05, 0.1) is 6.04 Å². The molecule has 1 aromatic heterocycles. The lowest BCUT2D eigenvalue weighted by Gasteiger charge is -2.16. The molecular formula is C11H20N4O. The average Bonchev–Trinajstić information content (AvgIpc) is 2.70. The molecule has 1 aromatic rings. The molecule has 1 heterocycles. The van der Waals surface area contributed by atoms with E-state index in [1.54, 1.807) is 13.2 Å². The van der Waals surface area contributed by atoms with E-state index in [0.717, 1.165) is 12.2 Å². The highest BCUT2D eigenvalue weighted by atomic mass is 16.1. The monoisotopic (exact) mass is 224 g/mol. The van der Waals surface area contributed by atoms with Crippen LogP contribution in [0.25, 0.3) is 0 Å². The summed E-state index contributed by atoms with van der Waals surface area (Å²) in [5, 5.41) is 5.94. The van der Waals surface area contributed by atoms with Gasteiger partial charge in [-0.25, -0.2) is 4.98 Å². The number of nitrogens with zero attached hydrogens (tertiary/aromatic N) is 2. The van der Waals surface area contributed by atoms with Crippen molar-refractivity contribution in [2.45, 2.75) is 25.8 Å². The fourth-order valence-corrected chi connectivity index (χ4v) is 1.62. The fourth-order valence-electron chi connectivity index (χ4n) is 1.62. The lowest BCUT2D eigenvalue weighted by Crippen LogP contribution is -2.28. The Hall–Kier alpha value is -1.36. The van der Waals surface area contributed by atoms with Crippen LogP contribution in [0.4, 0.5) is 0 Å². The molecule has 1 atom stereocenters. The van der Waals surface area contributed by atoms with Gasteiger partial charge in [0.25, 0.3) is 0 Å². The Bertz CT molecular complexity index is 334. The molecule has 1 amide bonds. The molecule has 1 rings (SSSR count). The molecule has 1 unspecified atom stereocenters. The Morgan fingerprint density at radius 1 is 1.62 bits per heavy atom. The minimum absolute atomic E-state index is 0.0576. The maximum Gasteiger partial charge on any atom is 0.221 e. The normalized spacial score (nSPS) is 12.4. The van der Waals surface area contributed by atoms with Crippen molar-refractivity contribution in [2.24, 2.45) is 7.05 Å². The number of nitrogens with one attached hydrogen (secondary N) is 2. The maximum absolute atomic E-state index is 11.1. The zero-order chi connectivity index (χ0) is 12.0. The van der Waals surface area contributed by atoms with Crippen LogP contribution >= 0.6 is 0 Å². The van der Waals surface area contributed by atoms with Crippen LogP contribution < -0.4 is 10.6 Å². The van der Waals surface area contributed by atoms with E-state index in [9.17, 15) is 4.79 Å². The predicted molar refractivity (Wildman–Crippen MR) is 62.9 cm³/mol. The largest absolute Gasteiger partial charge is 0.359 e. The summed E-state index contributed by atoms with van der Waals surface area (Å²) >= 11 is 0. The lowest BCUT2D eigenvalue weighted by atomic mass is 10.2. The zero-order valence-electron chi connectivity index (χ0n) is 10.2. The molecule has 0 saturated heterocycles. The van der Waals surface area contributed by atoms with E-state index in [4.69, 9.17) is 0 Å².